The highest BCUT2D eigenvalue weighted by Crippen LogP contribution is 2.24. The summed E-state index contributed by atoms with van der Waals surface area (Å²) >= 11 is 0. The van der Waals surface area contributed by atoms with Gasteiger partial charge in [-0.25, -0.2) is 4.98 Å². The molecular weight excluding hydrogens is 352 g/mol. The Bertz CT molecular complexity index is 890. The van der Waals surface area contributed by atoms with Gasteiger partial charge >= 0.3 is 0 Å². The van der Waals surface area contributed by atoms with E-state index in [4.69, 9.17) is 9.15 Å². The lowest BCUT2D eigenvalue weighted by Gasteiger charge is -2.13. The van der Waals surface area contributed by atoms with E-state index in [1.165, 1.54) is 5.56 Å². The fraction of sp³-hybridized carbons (Fsp3) is 0.304. The topological polar surface area (TPSA) is 64.4 Å². The predicted octanol–water partition coefficient (Wildman–Crippen LogP) is 4.42. The molecule has 1 aromatic heterocycles. The number of rotatable bonds is 9. The number of methoxy groups -OCH3 is 1. The van der Waals surface area contributed by atoms with Crippen molar-refractivity contribution in [3.05, 3.63) is 72.2 Å². The van der Waals surface area contributed by atoms with E-state index in [-0.39, 0.29) is 11.9 Å². The van der Waals surface area contributed by atoms with Gasteiger partial charge in [-0.15, -0.1) is 0 Å². The molecule has 0 radical (unpaired) electrons. The Balaban J connectivity index is 1.45. The van der Waals surface area contributed by atoms with Crippen molar-refractivity contribution in [2.75, 3.05) is 7.11 Å². The van der Waals surface area contributed by atoms with Gasteiger partial charge in [0.05, 0.1) is 13.3 Å². The Morgan fingerprint density at radius 1 is 1.14 bits per heavy atom. The van der Waals surface area contributed by atoms with Crippen LogP contribution in [0.15, 0.2) is 65.2 Å². The second-order valence-corrected chi connectivity index (χ2v) is 6.84. The second-order valence-electron chi connectivity index (χ2n) is 6.84. The first-order valence-corrected chi connectivity index (χ1v) is 9.56. The normalized spacial score (nSPS) is 11.8. The summed E-state index contributed by atoms with van der Waals surface area (Å²) in [5, 5.41) is 3.05. The smallest absolute Gasteiger partial charge is 0.220 e. The Hall–Kier alpha value is -3.08. The SMILES string of the molecule is COc1cccc(-c2cnc(CCC(=O)N[C@H](C)CCc3ccccc3)o2)c1. The van der Waals surface area contributed by atoms with Gasteiger partial charge in [0.25, 0.3) is 0 Å². The second kappa shape index (κ2) is 9.74. The van der Waals surface area contributed by atoms with Crippen LogP contribution in [0.5, 0.6) is 5.75 Å². The molecule has 2 aromatic carbocycles. The van der Waals surface area contributed by atoms with Gasteiger partial charge in [0.1, 0.15) is 5.75 Å². The van der Waals surface area contributed by atoms with Gasteiger partial charge < -0.3 is 14.5 Å². The first-order chi connectivity index (χ1) is 13.6. The molecule has 0 saturated carbocycles. The fourth-order valence-corrected chi connectivity index (χ4v) is 3.00. The van der Waals surface area contributed by atoms with Crippen LogP contribution in [0.1, 0.15) is 31.2 Å². The highest BCUT2D eigenvalue weighted by molar-refractivity contribution is 5.76. The fourth-order valence-electron chi connectivity index (χ4n) is 3.00. The lowest BCUT2D eigenvalue weighted by molar-refractivity contribution is -0.121. The number of oxazole rings is 1. The summed E-state index contributed by atoms with van der Waals surface area (Å²) in [7, 11) is 1.63. The number of amides is 1. The third-order valence-electron chi connectivity index (χ3n) is 4.59. The Morgan fingerprint density at radius 2 is 1.96 bits per heavy atom. The standard InChI is InChI=1S/C23H26N2O3/c1-17(11-12-18-7-4-3-5-8-18)25-22(26)13-14-23-24-16-21(28-23)19-9-6-10-20(15-19)27-2/h3-10,15-17H,11-14H2,1-2H3,(H,25,26)/t17-/m1/s1. The van der Waals surface area contributed by atoms with E-state index in [9.17, 15) is 4.79 Å². The van der Waals surface area contributed by atoms with Crippen LogP contribution in [0.2, 0.25) is 0 Å². The van der Waals surface area contributed by atoms with Crippen molar-refractivity contribution in [1.82, 2.24) is 10.3 Å². The number of aromatic nitrogens is 1. The summed E-state index contributed by atoms with van der Waals surface area (Å²) in [6, 6.07) is 18.0. The molecule has 0 spiro atoms. The molecule has 1 amide bonds. The highest BCUT2D eigenvalue weighted by Gasteiger charge is 2.11. The molecule has 0 saturated heterocycles. The lowest BCUT2D eigenvalue weighted by Crippen LogP contribution is -2.33. The number of aryl methyl sites for hydroxylation is 2. The van der Waals surface area contributed by atoms with Gasteiger partial charge in [-0.05, 0) is 37.5 Å². The number of ether oxygens (including phenoxy) is 1. The quantitative estimate of drug-likeness (QED) is 0.599. The van der Waals surface area contributed by atoms with Gasteiger partial charge in [0.15, 0.2) is 11.7 Å². The van der Waals surface area contributed by atoms with E-state index in [1.54, 1.807) is 13.3 Å². The first-order valence-electron chi connectivity index (χ1n) is 9.56. The number of nitrogens with one attached hydrogen (secondary N) is 1. The number of carbonyl (C=O) groups excluding carboxylic acids is 1. The van der Waals surface area contributed by atoms with Crippen LogP contribution < -0.4 is 10.1 Å². The van der Waals surface area contributed by atoms with Crippen LogP contribution in [0, 0.1) is 0 Å². The van der Waals surface area contributed by atoms with Gasteiger partial charge in [0.2, 0.25) is 5.91 Å². The molecule has 3 aromatic rings. The zero-order valence-corrected chi connectivity index (χ0v) is 16.4. The van der Waals surface area contributed by atoms with E-state index in [2.05, 4.69) is 22.4 Å². The molecule has 1 N–H and O–H groups in total. The van der Waals surface area contributed by atoms with Crippen LogP contribution in [0.4, 0.5) is 0 Å². The molecule has 5 nitrogen and oxygen atoms in total. The molecule has 0 fully saturated rings. The molecule has 0 aliphatic heterocycles. The average molecular weight is 378 g/mol. The minimum absolute atomic E-state index is 0.0155. The number of nitrogens with zero attached hydrogens (tertiary/aromatic N) is 1. The van der Waals surface area contributed by atoms with Crippen molar-refractivity contribution in [1.29, 1.82) is 0 Å². The average Bonchev–Trinajstić information content (AvgIpc) is 3.21. The van der Waals surface area contributed by atoms with Crippen molar-refractivity contribution in [3.8, 4) is 17.1 Å². The van der Waals surface area contributed by atoms with Crippen molar-refractivity contribution in [2.24, 2.45) is 0 Å². The zero-order valence-electron chi connectivity index (χ0n) is 16.4. The lowest BCUT2D eigenvalue weighted by atomic mass is 10.1. The number of benzene rings is 2. The Labute approximate surface area is 165 Å². The number of hydrogen-bond acceptors (Lipinski definition) is 4. The Morgan fingerprint density at radius 3 is 2.75 bits per heavy atom. The molecule has 5 heteroatoms. The van der Waals surface area contributed by atoms with Crippen molar-refractivity contribution >= 4 is 5.91 Å². The van der Waals surface area contributed by atoms with E-state index in [1.807, 2.05) is 49.4 Å². The molecule has 0 bridgehead atoms. The molecule has 3 rings (SSSR count). The minimum atomic E-state index is 0.0155. The molecular formula is C23H26N2O3. The van der Waals surface area contributed by atoms with E-state index in [0.29, 0.717) is 24.5 Å². The van der Waals surface area contributed by atoms with E-state index >= 15 is 0 Å². The molecule has 0 aliphatic carbocycles. The highest BCUT2D eigenvalue weighted by atomic mass is 16.5. The summed E-state index contributed by atoms with van der Waals surface area (Å²) in [5.74, 6) is 2.01. The largest absolute Gasteiger partial charge is 0.497 e. The maximum atomic E-state index is 12.2. The molecule has 146 valence electrons. The number of carbonyl (C=O) groups is 1. The van der Waals surface area contributed by atoms with Crippen LogP contribution in [-0.4, -0.2) is 24.0 Å². The third kappa shape index (κ3) is 5.71. The van der Waals surface area contributed by atoms with Crippen LogP contribution in [0.3, 0.4) is 0 Å². The Kier molecular flexibility index (Phi) is 6.84. The molecule has 0 aliphatic rings. The number of hydrogen-bond donors (Lipinski definition) is 1. The maximum Gasteiger partial charge on any atom is 0.220 e. The molecule has 28 heavy (non-hydrogen) atoms. The van der Waals surface area contributed by atoms with E-state index < -0.39 is 0 Å². The predicted molar refractivity (Wildman–Crippen MR) is 109 cm³/mol. The van der Waals surface area contributed by atoms with Gasteiger partial charge in [-0.3, -0.25) is 4.79 Å². The summed E-state index contributed by atoms with van der Waals surface area (Å²) < 4.78 is 11.0. The van der Waals surface area contributed by atoms with Gasteiger partial charge in [0, 0.05) is 24.4 Å². The van der Waals surface area contributed by atoms with Crippen LogP contribution in [-0.2, 0) is 17.6 Å². The summed E-state index contributed by atoms with van der Waals surface area (Å²) in [6.07, 6.45) is 4.38. The molecule has 0 unspecified atom stereocenters. The van der Waals surface area contributed by atoms with Gasteiger partial charge in [-0.2, -0.15) is 0 Å². The van der Waals surface area contributed by atoms with Crippen molar-refractivity contribution < 1.29 is 13.9 Å². The minimum Gasteiger partial charge on any atom is -0.497 e. The van der Waals surface area contributed by atoms with Crippen molar-refractivity contribution in [3.63, 3.8) is 0 Å². The van der Waals surface area contributed by atoms with E-state index in [0.717, 1.165) is 24.2 Å². The summed E-state index contributed by atoms with van der Waals surface area (Å²) in [5.41, 5.74) is 2.19. The van der Waals surface area contributed by atoms with Gasteiger partial charge in [-0.1, -0.05) is 42.5 Å². The molecule has 1 atom stereocenters. The summed E-state index contributed by atoms with van der Waals surface area (Å²) in [4.78, 5) is 16.5. The maximum absolute atomic E-state index is 12.2. The monoisotopic (exact) mass is 378 g/mol. The van der Waals surface area contributed by atoms with Crippen LogP contribution >= 0.6 is 0 Å². The first kappa shape index (κ1) is 19.7. The summed E-state index contributed by atoms with van der Waals surface area (Å²) in [6.45, 7) is 2.03. The molecule has 1 heterocycles. The van der Waals surface area contributed by atoms with Crippen molar-refractivity contribution in [2.45, 2.75) is 38.6 Å². The van der Waals surface area contributed by atoms with Crippen LogP contribution in [0.25, 0.3) is 11.3 Å². The third-order valence-corrected chi connectivity index (χ3v) is 4.59. The zero-order chi connectivity index (χ0) is 19.8.